The molecular weight excluding hydrogens is 178 g/mol. The number of nitrogens with zero attached hydrogens (tertiary/aromatic N) is 3. The Balaban J connectivity index is 3.47. The Morgan fingerprint density at radius 2 is 2.31 bits per heavy atom. The molecule has 1 heterocycles. The fraction of sp³-hybridized carbons (Fsp3) is 0.167. The van der Waals surface area contributed by atoms with Crippen LogP contribution in [0.25, 0.3) is 0 Å². The fourth-order valence-electron chi connectivity index (χ4n) is 0.872. The number of aromatic nitrogens is 1. The second-order valence-corrected chi connectivity index (χ2v) is 2.30. The van der Waals surface area contributed by atoms with Gasteiger partial charge in [-0.2, -0.15) is 0 Å². The molecule has 0 radical (unpaired) electrons. The smallest absolute Gasteiger partial charge is 0.358 e. The molecule has 7 nitrogen and oxygen atoms in total. The van der Waals surface area contributed by atoms with E-state index in [1.165, 1.54) is 6.92 Å². The minimum Gasteiger partial charge on any atom is -0.502 e. The summed E-state index contributed by atoms with van der Waals surface area (Å²) in [5.74, 6) is -1.21. The third kappa shape index (κ3) is 1.58. The van der Waals surface area contributed by atoms with Crippen molar-refractivity contribution in [3.8, 4) is 5.75 Å². The number of nitro groups is 1. The largest absolute Gasteiger partial charge is 0.502 e. The van der Waals surface area contributed by atoms with Crippen LogP contribution in [0.2, 0.25) is 0 Å². The Hall–Kier alpha value is -2.05. The highest BCUT2D eigenvalue weighted by molar-refractivity contribution is 5.60. The Kier molecular flexibility index (Phi) is 2.18. The maximum absolute atomic E-state index is 10.3. The fourth-order valence-corrected chi connectivity index (χ4v) is 0.872. The molecule has 0 amide bonds. The summed E-state index contributed by atoms with van der Waals surface area (Å²) in [6, 6.07) is 1.09. The van der Waals surface area contributed by atoms with Crippen molar-refractivity contribution >= 4 is 11.5 Å². The molecule has 0 spiro atoms. The van der Waals surface area contributed by atoms with Crippen LogP contribution >= 0.6 is 0 Å². The highest BCUT2D eigenvalue weighted by Gasteiger charge is 2.22. The molecule has 0 aliphatic heterocycles. The average Bonchev–Trinajstić information content (AvgIpc) is 2.01. The van der Waals surface area contributed by atoms with Gasteiger partial charge in [0.15, 0.2) is 5.75 Å². The monoisotopic (exact) mass is 183 g/mol. The molecule has 0 unspecified atom stereocenters. The van der Waals surface area contributed by atoms with E-state index >= 15 is 0 Å². The molecule has 13 heavy (non-hydrogen) atoms. The predicted octanol–water partition coefficient (Wildman–Crippen LogP) is 1.40. The van der Waals surface area contributed by atoms with Gasteiger partial charge in [0, 0.05) is 11.8 Å². The van der Waals surface area contributed by atoms with E-state index in [2.05, 4.69) is 10.2 Å². The summed E-state index contributed by atoms with van der Waals surface area (Å²) in [7, 11) is 0. The van der Waals surface area contributed by atoms with Crippen molar-refractivity contribution in [1.82, 2.24) is 4.98 Å². The molecular formula is C6H5N3O4. The molecule has 1 rings (SSSR count). The van der Waals surface area contributed by atoms with Gasteiger partial charge in [0.1, 0.15) is 0 Å². The number of aromatic hydroxyl groups is 1. The maximum Gasteiger partial charge on any atom is 0.358 e. The summed E-state index contributed by atoms with van der Waals surface area (Å²) in [4.78, 5) is 23.0. The lowest BCUT2D eigenvalue weighted by molar-refractivity contribution is -0.385. The quantitative estimate of drug-likeness (QED) is 0.423. The maximum atomic E-state index is 10.3. The van der Waals surface area contributed by atoms with E-state index in [9.17, 15) is 15.0 Å². The number of hydrogen-bond acceptors (Lipinski definition) is 6. The van der Waals surface area contributed by atoms with Crippen molar-refractivity contribution in [1.29, 1.82) is 0 Å². The van der Waals surface area contributed by atoms with E-state index < -0.39 is 22.2 Å². The summed E-state index contributed by atoms with van der Waals surface area (Å²) in [5, 5.41) is 21.8. The van der Waals surface area contributed by atoms with Crippen LogP contribution in [0, 0.1) is 21.9 Å². The van der Waals surface area contributed by atoms with Gasteiger partial charge < -0.3 is 5.11 Å². The van der Waals surface area contributed by atoms with Gasteiger partial charge in [0.25, 0.3) is 5.82 Å². The molecule has 0 aromatic carbocycles. The van der Waals surface area contributed by atoms with E-state index in [1.807, 2.05) is 0 Å². The number of nitroso groups, excluding NO2 is 1. The van der Waals surface area contributed by atoms with Crippen LogP contribution in [0.1, 0.15) is 5.69 Å². The van der Waals surface area contributed by atoms with Crippen LogP contribution in [-0.4, -0.2) is 15.0 Å². The molecule has 0 saturated carbocycles. The van der Waals surface area contributed by atoms with Gasteiger partial charge in [0.2, 0.25) is 0 Å². The number of pyridine rings is 1. The molecule has 0 atom stereocenters. The number of aryl methyl sites for hydroxylation is 1. The normalized spacial score (nSPS) is 9.62. The summed E-state index contributed by atoms with van der Waals surface area (Å²) in [6.07, 6.45) is 0. The van der Waals surface area contributed by atoms with Crippen molar-refractivity contribution < 1.29 is 10.0 Å². The lowest BCUT2D eigenvalue weighted by Gasteiger charge is -1.97. The number of rotatable bonds is 2. The Labute approximate surface area is 72.2 Å². The summed E-state index contributed by atoms with van der Waals surface area (Å²) in [5.41, 5.74) is -0.474. The molecule has 7 heteroatoms. The van der Waals surface area contributed by atoms with Crippen LogP contribution in [0.4, 0.5) is 11.5 Å². The topological polar surface area (TPSA) is 106 Å². The first-order valence-corrected chi connectivity index (χ1v) is 3.24. The zero-order valence-corrected chi connectivity index (χ0v) is 6.59. The van der Waals surface area contributed by atoms with Crippen molar-refractivity contribution in [2.45, 2.75) is 6.92 Å². The predicted molar refractivity (Wildman–Crippen MR) is 42.7 cm³/mol. The second kappa shape index (κ2) is 3.13. The second-order valence-electron chi connectivity index (χ2n) is 2.30. The minimum absolute atomic E-state index is 0.290. The van der Waals surface area contributed by atoms with Gasteiger partial charge in [-0.15, -0.1) is 4.91 Å². The van der Waals surface area contributed by atoms with Gasteiger partial charge in [-0.25, -0.2) is 4.98 Å². The first-order chi connectivity index (χ1) is 6.06. The van der Waals surface area contributed by atoms with Crippen molar-refractivity contribution in [3.63, 3.8) is 0 Å². The Bertz CT molecular complexity index is 376. The molecule has 68 valence electrons. The average molecular weight is 183 g/mol. The van der Waals surface area contributed by atoms with Crippen molar-refractivity contribution in [3.05, 3.63) is 26.8 Å². The zero-order valence-electron chi connectivity index (χ0n) is 6.59. The highest BCUT2D eigenvalue weighted by atomic mass is 16.6. The van der Waals surface area contributed by atoms with E-state index in [0.29, 0.717) is 0 Å². The van der Waals surface area contributed by atoms with E-state index in [4.69, 9.17) is 5.11 Å². The summed E-state index contributed by atoms with van der Waals surface area (Å²) >= 11 is 0. The lowest BCUT2D eigenvalue weighted by Crippen LogP contribution is -1.92. The minimum atomic E-state index is -0.904. The van der Waals surface area contributed by atoms with E-state index in [-0.39, 0.29) is 5.69 Å². The molecule has 0 aliphatic rings. The summed E-state index contributed by atoms with van der Waals surface area (Å²) in [6.45, 7) is 1.48. The van der Waals surface area contributed by atoms with Crippen LogP contribution in [0.5, 0.6) is 5.75 Å². The van der Waals surface area contributed by atoms with Crippen LogP contribution in [-0.2, 0) is 0 Å². The van der Waals surface area contributed by atoms with Crippen LogP contribution in [0.3, 0.4) is 0 Å². The standard InChI is InChI=1S/C6H5N3O4/c1-3-2-4(10)5(9(12)13)6(7-3)8-11/h2H,1H3,(H,7,10). The summed E-state index contributed by atoms with van der Waals surface area (Å²) < 4.78 is 0. The van der Waals surface area contributed by atoms with Crippen molar-refractivity contribution in [2.75, 3.05) is 0 Å². The van der Waals surface area contributed by atoms with Gasteiger partial charge in [-0.1, -0.05) is 0 Å². The first kappa shape index (κ1) is 9.04. The van der Waals surface area contributed by atoms with Gasteiger partial charge >= 0.3 is 5.69 Å². The van der Waals surface area contributed by atoms with Crippen LogP contribution < -0.4 is 0 Å². The van der Waals surface area contributed by atoms with E-state index in [1.54, 1.807) is 0 Å². The molecule has 0 fully saturated rings. The molecule has 0 saturated heterocycles. The first-order valence-electron chi connectivity index (χ1n) is 3.24. The zero-order chi connectivity index (χ0) is 10.0. The number of hydrogen-bond donors (Lipinski definition) is 1. The molecule has 0 bridgehead atoms. The SMILES string of the molecule is Cc1cc(O)c([N+](=O)[O-])c(N=O)n1. The van der Waals surface area contributed by atoms with Gasteiger partial charge in [-0.3, -0.25) is 10.1 Å². The third-order valence-electron chi connectivity index (χ3n) is 1.35. The molecule has 0 aliphatic carbocycles. The Morgan fingerprint density at radius 3 is 2.77 bits per heavy atom. The van der Waals surface area contributed by atoms with Crippen molar-refractivity contribution in [2.24, 2.45) is 5.18 Å². The highest BCUT2D eigenvalue weighted by Crippen LogP contribution is 2.34. The molecule has 1 aromatic heterocycles. The third-order valence-corrected chi connectivity index (χ3v) is 1.35. The Morgan fingerprint density at radius 1 is 1.69 bits per heavy atom. The molecule has 1 aromatic rings. The van der Waals surface area contributed by atoms with Gasteiger partial charge in [0.05, 0.1) is 4.92 Å². The lowest BCUT2D eigenvalue weighted by atomic mass is 10.3. The van der Waals surface area contributed by atoms with Crippen LogP contribution in [0.15, 0.2) is 11.2 Å². The van der Waals surface area contributed by atoms with E-state index in [0.717, 1.165) is 6.07 Å². The molecule has 1 N–H and O–H groups in total. The van der Waals surface area contributed by atoms with Gasteiger partial charge in [-0.05, 0) is 12.1 Å².